The van der Waals surface area contributed by atoms with Gasteiger partial charge in [0, 0.05) is 30.7 Å². The topological polar surface area (TPSA) is 90.7 Å². The summed E-state index contributed by atoms with van der Waals surface area (Å²) in [5, 5.41) is 8.95. The lowest BCUT2D eigenvalue weighted by molar-refractivity contribution is -0.155. The van der Waals surface area contributed by atoms with E-state index in [0.29, 0.717) is 31.6 Å². The Kier molecular flexibility index (Phi) is 8.21. The normalized spacial score (nSPS) is 14.6. The van der Waals surface area contributed by atoms with Gasteiger partial charge < -0.3 is 14.5 Å². The van der Waals surface area contributed by atoms with Gasteiger partial charge in [0.2, 0.25) is 5.91 Å². The Morgan fingerprint density at radius 3 is 2.23 bits per heavy atom. The predicted octanol–water partition coefficient (Wildman–Crippen LogP) is 3.38. The van der Waals surface area contributed by atoms with Crippen molar-refractivity contribution in [3.8, 4) is 6.07 Å². The van der Waals surface area contributed by atoms with Gasteiger partial charge in [-0.2, -0.15) is 5.26 Å². The third-order valence-electron chi connectivity index (χ3n) is 5.36. The lowest BCUT2D eigenvalue weighted by atomic mass is 9.91. The van der Waals surface area contributed by atoms with Crippen LogP contribution in [0.4, 0.5) is 5.69 Å². The first-order chi connectivity index (χ1) is 14.5. The second kappa shape index (κ2) is 10.4. The number of hydrogen-bond donors (Lipinski definition) is 0. The first-order valence-corrected chi connectivity index (χ1v) is 10.7. The zero-order chi connectivity index (χ0) is 23.2. The molecule has 1 saturated heterocycles. The molecule has 0 aliphatic carbocycles. The van der Waals surface area contributed by atoms with Crippen LogP contribution >= 0.6 is 0 Å². The number of aryl methyl sites for hydroxylation is 2. The molecule has 1 aromatic rings. The van der Waals surface area contributed by atoms with Crippen LogP contribution in [0.15, 0.2) is 18.2 Å². The maximum Gasteiger partial charge on any atom is 0.309 e. The van der Waals surface area contributed by atoms with Crippen LogP contribution < -0.4 is 4.90 Å². The monoisotopic (exact) mass is 427 g/mol. The van der Waals surface area contributed by atoms with E-state index < -0.39 is 11.4 Å². The molecule has 0 aromatic heterocycles. The van der Waals surface area contributed by atoms with Crippen LogP contribution in [0.1, 0.15) is 51.2 Å². The van der Waals surface area contributed by atoms with Crippen LogP contribution in [0.5, 0.6) is 0 Å². The highest BCUT2D eigenvalue weighted by Crippen LogP contribution is 2.24. The summed E-state index contributed by atoms with van der Waals surface area (Å²) in [6, 6.07) is 7.83. The highest BCUT2D eigenvalue weighted by molar-refractivity contribution is 5.95. The lowest BCUT2D eigenvalue weighted by Gasteiger charge is -2.35. The number of anilines is 1. The maximum atomic E-state index is 12.8. The van der Waals surface area contributed by atoms with Crippen molar-refractivity contribution in [1.29, 1.82) is 5.26 Å². The van der Waals surface area contributed by atoms with Crippen LogP contribution in [0.2, 0.25) is 0 Å². The minimum absolute atomic E-state index is 0.0797. The summed E-state index contributed by atoms with van der Waals surface area (Å²) in [5.74, 6) is -0.993. The fourth-order valence-electron chi connectivity index (χ4n) is 3.79. The number of piperidine rings is 1. The first-order valence-electron chi connectivity index (χ1n) is 10.7. The van der Waals surface area contributed by atoms with E-state index in [1.54, 1.807) is 4.90 Å². The summed E-state index contributed by atoms with van der Waals surface area (Å²) in [5.41, 5.74) is 2.28. The number of hydrogen-bond acceptors (Lipinski definition) is 5. The van der Waals surface area contributed by atoms with E-state index in [1.807, 2.05) is 52.8 Å². The van der Waals surface area contributed by atoms with Gasteiger partial charge in [-0.1, -0.05) is 26.8 Å². The van der Waals surface area contributed by atoms with E-state index in [1.165, 1.54) is 4.90 Å². The quantitative estimate of drug-likeness (QED) is 0.649. The molecule has 0 spiro atoms. The summed E-state index contributed by atoms with van der Waals surface area (Å²) in [6.45, 7) is 10.4. The van der Waals surface area contributed by atoms with Gasteiger partial charge in [-0.15, -0.1) is 0 Å². The summed E-state index contributed by atoms with van der Waals surface area (Å²) in [7, 11) is 0. The summed E-state index contributed by atoms with van der Waals surface area (Å²) < 4.78 is 5.33. The number of benzene rings is 1. The number of carbonyl (C=O) groups is 3. The van der Waals surface area contributed by atoms with Gasteiger partial charge in [-0.25, -0.2) is 0 Å². The minimum atomic E-state index is -0.444. The van der Waals surface area contributed by atoms with Gasteiger partial charge in [-0.3, -0.25) is 14.4 Å². The average Bonchev–Trinajstić information content (AvgIpc) is 2.70. The van der Waals surface area contributed by atoms with E-state index in [-0.39, 0.29) is 37.3 Å². The molecule has 1 heterocycles. The molecule has 1 aromatic carbocycles. The van der Waals surface area contributed by atoms with Crippen LogP contribution in [-0.4, -0.2) is 48.9 Å². The summed E-state index contributed by atoms with van der Waals surface area (Å²) in [6.07, 6.45) is 1.25. The Bertz CT molecular complexity index is 838. The maximum absolute atomic E-state index is 12.8. The molecule has 1 aliphatic heterocycles. The number of amides is 2. The third-order valence-corrected chi connectivity index (χ3v) is 5.36. The number of carbonyl (C=O) groups excluding carboxylic acids is 3. The second-order valence-corrected chi connectivity index (χ2v) is 9.22. The van der Waals surface area contributed by atoms with Gasteiger partial charge in [0.15, 0.2) is 6.61 Å². The molecule has 2 amide bonds. The highest BCUT2D eigenvalue weighted by Gasteiger charge is 2.33. The van der Waals surface area contributed by atoms with Crippen LogP contribution in [0, 0.1) is 36.5 Å². The zero-order valence-electron chi connectivity index (χ0n) is 19.2. The number of nitrogens with zero attached hydrogens (tertiary/aromatic N) is 3. The van der Waals surface area contributed by atoms with Crippen molar-refractivity contribution < 1.29 is 19.1 Å². The second-order valence-electron chi connectivity index (χ2n) is 9.22. The SMILES string of the molecule is Cc1cc(C)cc(N(CCC#N)C(=O)COC(=O)C2CCN(C(=O)C(C)(C)C)CC2)c1. The third kappa shape index (κ3) is 6.81. The number of ether oxygens (including phenoxy) is 1. The standard InChI is InChI=1S/C24H33N3O4/c1-17-13-18(2)15-20(14-17)27(10-6-9-25)21(28)16-31-22(29)19-7-11-26(12-8-19)23(30)24(3,4)5/h13-15,19H,6-8,10-12,16H2,1-5H3. The number of nitriles is 1. The molecule has 7 heteroatoms. The van der Waals surface area contributed by atoms with Crippen LogP contribution in [0.25, 0.3) is 0 Å². The van der Waals surface area contributed by atoms with Crippen molar-refractivity contribution in [2.45, 2.75) is 53.9 Å². The highest BCUT2D eigenvalue weighted by atomic mass is 16.5. The fourth-order valence-corrected chi connectivity index (χ4v) is 3.79. The van der Waals surface area contributed by atoms with Crippen molar-refractivity contribution >= 4 is 23.5 Å². The Labute approximate surface area is 185 Å². The van der Waals surface area contributed by atoms with Crippen molar-refractivity contribution in [1.82, 2.24) is 4.90 Å². The van der Waals surface area contributed by atoms with E-state index in [9.17, 15) is 14.4 Å². The molecule has 0 radical (unpaired) electrons. The van der Waals surface area contributed by atoms with Gasteiger partial charge in [0.05, 0.1) is 18.4 Å². The molecule has 31 heavy (non-hydrogen) atoms. The Morgan fingerprint density at radius 1 is 1.13 bits per heavy atom. The van der Waals surface area contributed by atoms with Gasteiger partial charge in [0.25, 0.3) is 5.91 Å². The molecule has 2 rings (SSSR count). The molecule has 7 nitrogen and oxygen atoms in total. The molecule has 0 N–H and O–H groups in total. The number of likely N-dealkylation sites (tertiary alicyclic amines) is 1. The summed E-state index contributed by atoms with van der Waals surface area (Å²) >= 11 is 0. The zero-order valence-corrected chi connectivity index (χ0v) is 19.2. The van der Waals surface area contributed by atoms with Crippen molar-refractivity contribution in [3.63, 3.8) is 0 Å². The molecule has 0 unspecified atom stereocenters. The van der Waals surface area contributed by atoms with Gasteiger partial charge >= 0.3 is 5.97 Å². The Hall–Kier alpha value is -2.88. The van der Waals surface area contributed by atoms with Crippen LogP contribution in [0.3, 0.4) is 0 Å². The van der Waals surface area contributed by atoms with Crippen molar-refractivity contribution in [3.05, 3.63) is 29.3 Å². The van der Waals surface area contributed by atoms with Crippen LogP contribution in [-0.2, 0) is 19.1 Å². The predicted molar refractivity (Wildman–Crippen MR) is 118 cm³/mol. The Morgan fingerprint density at radius 2 is 1.71 bits per heavy atom. The average molecular weight is 428 g/mol. The fraction of sp³-hybridized carbons (Fsp3) is 0.583. The Balaban J connectivity index is 1.94. The molecular formula is C24H33N3O4. The minimum Gasteiger partial charge on any atom is -0.455 e. The van der Waals surface area contributed by atoms with E-state index in [4.69, 9.17) is 10.00 Å². The molecule has 168 valence electrons. The lowest BCUT2D eigenvalue weighted by Crippen LogP contribution is -2.45. The number of esters is 1. The number of rotatable bonds is 6. The molecular weight excluding hydrogens is 394 g/mol. The first kappa shape index (κ1) is 24.4. The van der Waals surface area contributed by atoms with E-state index in [0.717, 1.165) is 11.1 Å². The smallest absolute Gasteiger partial charge is 0.309 e. The summed E-state index contributed by atoms with van der Waals surface area (Å²) in [4.78, 5) is 41.0. The molecule has 1 aliphatic rings. The molecule has 0 saturated carbocycles. The van der Waals surface area contributed by atoms with Crippen molar-refractivity contribution in [2.24, 2.45) is 11.3 Å². The van der Waals surface area contributed by atoms with E-state index in [2.05, 4.69) is 6.07 Å². The van der Waals surface area contributed by atoms with Crippen molar-refractivity contribution in [2.75, 3.05) is 31.1 Å². The van der Waals surface area contributed by atoms with Gasteiger partial charge in [-0.05, 0) is 49.9 Å². The molecule has 1 fully saturated rings. The van der Waals surface area contributed by atoms with Gasteiger partial charge in [0.1, 0.15) is 0 Å². The largest absolute Gasteiger partial charge is 0.455 e. The molecule has 0 atom stereocenters. The molecule has 0 bridgehead atoms. The van der Waals surface area contributed by atoms with E-state index >= 15 is 0 Å².